The normalized spacial score (nSPS) is 16.6. The van der Waals surface area contributed by atoms with Crippen LogP contribution < -0.4 is 10.2 Å². The number of halogens is 1. The van der Waals surface area contributed by atoms with E-state index in [1.54, 1.807) is 37.3 Å². The lowest BCUT2D eigenvalue weighted by Crippen LogP contribution is -2.28. The van der Waals surface area contributed by atoms with Crippen molar-refractivity contribution in [3.05, 3.63) is 41.1 Å². The Balaban J connectivity index is 1.51. The number of rotatable bonds is 5. The molecule has 1 saturated heterocycles. The van der Waals surface area contributed by atoms with Crippen LogP contribution in [-0.4, -0.2) is 36.1 Å². The summed E-state index contributed by atoms with van der Waals surface area (Å²) in [5, 5.41) is 6.62. The molecule has 0 radical (unpaired) electrons. The van der Waals surface area contributed by atoms with Crippen molar-refractivity contribution in [2.45, 2.75) is 13.3 Å². The minimum Gasteiger partial charge on any atom is -0.455 e. The number of carbonyl (C=O) groups is 3. The lowest BCUT2D eigenvalue weighted by Gasteiger charge is -2.16. The molecule has 26 heavy (non-hydrogen) atoms. The zero-order valence-electron chi connectivity index (χ0n) is 13.9. The first-order chi connectivity index (χ1) is 12.4. The van der Waals surface area contributed by atoms with Gasteiger partial charge in [0.05, 0.1) is 5.92 Å². The maximum absolute atomic E-state index is 12.1. The van der Waals surface area contributed by atoms with Crippen LogP contribution in [0.25, 0.3) is 0 Å². The number of esters is 1. The summed E-state index contributed by atoms with van der Waals surface area (Å²) in [5.74, 6) is -1.15. The van der Waals surface area contributed by atoms with Crippen molar-refractivity contribution in [2.24, 2.45) is 5.92 Å². The number of hydrogen-bond donors (Lipinski definition) is 1. The van der Waals surface area contributed by atoms with Crippen LogP contribution in [0.15, 0.2) is 34.9 Å². The lowest BCUT2D eigenvalue weighted by molar-refractivity contribution is -0.151. The molecule has 1 aliphatic rings. The summed E-state index contributed by atoms with van der Waals surface area (Å²) in [6, 6.07) is 8.31. The number of aromatic nitrogens is 1. The first-order valence-corrected chi connectivity index (χ1v) is 8.26. The quantitative estimate of drug-likeness (QED) is 0.801. The van der Waals surface area contributed by atoms with Gasteiger partial charge in [0.1, 0.15) is 5.76 Å². The van der Waals surface area contributed by atoms with Crippen LogP contribution in [0.1, 0.15) is 12.2 Å². The molecule has 1 aromatic carbocycles. The molecule has 0 aliphatic carbocycles. The van der Waals surface area contributed by atoms with Gasteiger partial charge in [-0.25, -0.2) is 0 Å². The topological polar surface area (TPSA) is 102 Å². The molecular weight excluding hydrogens is 362 g/mol. The van der Waals surface area contributed by atoms with Gasteiger partial charge < -0.3 is 19.5 Å². The van der Waals surface area contributed by atoms with Crippen molar-refractivity contribution in [1.29, 1.82) is 0 Å². The minimum absolute atomic E-state index is 0.0333. The van der Waals surface area contributed by atoms with Gasteiger partial charge >= 0.3 is 5.97 Å². The Hall–Kier alpha value is -2.87. The van der Waals surface area contributed by atoms with Crippen molar-refractivity contribution in [2.75, 3.05) is 23.4 Å². The van der Waals surface area contributed by atoms with Crippen molar-refractivity contribution < 1.29 is 23.6 Å². The fourth-order valence-corrected chi connectivity index (χ4v) is 2.72. The third-order valence-electron chi connectivity index (χ3n) is 3.84. The highest BCUT2D eigenvalue weighted by atomic mass is 35.5. The highest BCUT2D eigenvalue weighted by molar-refractivity contribution is 6.30. The summed E-state index contributed by atoms with van der Waals surface area (Å²) in [5.41, 5.74) is 0.661. The number of carbonyl (C=O) groups excluding carboxylic acids is 3. The second kappa shape index (κ2) is 7.57. The first kappa shape index (κ1) is 17.9. The van der Waals surface area contributed by atoms with E-state index in [9.17, 15) is 14.4 Å². The van der Waals surface area contributed by atoms with Gasteiger partial charge in [0, 0.05) is 29.7 Å². The standard InChI is InChI=1S/C17H16ClN3O5/c1-10-6-14(20-26-10)19-15(22)9-25-17(24)11-7-16(23)21(8-11)13-4-2-12(18)3-5-13/h2-6,11H,7-9H2,1H3,(H,19,20,22)/t11-/m1/s1. The molecule has 136 valence electrons. The van der Waals surface area contributed by atoms with Gasteiger partial charge in [-0.2, -0.15) is 0 Å². The number of anilines is 2. The summed E-state index contributed by atoms with van der Waals surface area (Å²) in [4.78, 5) is 37.6. The van der Waals surface area contributed by atoms with Crippen molar-refractivity contribution in [1.82, 2.24) is 5.16 Å². The van der Waals surface area contributed by atoms with E-state index < -0.39 is 24.4 Å². The van der Waals surface area contributed by atoms with Gasteiger partial charge in [-0.05, 0) is 31.2 Å². The Kier molecular flexibility index (Phi) is 5.22. The minimum atomic E-state index is -0.625. The Bertz CT molecular complexity index is 833. The van der Waals surface area contributed by atoms with Crippen LogP contribution in [-0.2, 0) is 19.1 Å². The average molecular weight is 378 g/mol. The van der Waals surface area contributed by atoms with Crippen LogP contribution in [0.2, 0.25) is 5.02 Å². The van der Waals surface area contributed by atoms with Gasteiger partial charge in [0.15, 0.2) is 12.4 Å². The second-order valence-electron chi connectivity index (χ2n) is 5.86. The largest absolute Gasteiger partial charge is 0.455 e. The van der Waals surface area contributed by atoms with Crippen LogP contribution >= 0.6 is 11.6 Å². The third kappa shape index (κ3) is 4.20. The average Bonchev–Trinajstić information content (AvgIpc) is 3.19. The molecule has 8 nitrogen and oxygen atoms in total. The highest BCUT2D eigenvalue weighted by Gasteiger charge is 2.36. The fraction of sp³-hybridized carbons (Fsp3) is 0.294. The van der Waals surface area contributed by atoms with E-state index in [0.29, 0.717) is 16.5 Å². The molecule has 0 saturated carbocycles. The van der Waals surface area contributed by atoms with Gasteiger partial charge in [-0.1, -0.05) is 16.8 Å². The van der Waals surface area contributed by atoms with E-state index in [2.05, 4.69) is 10.5 Å². The summed E-state index contributed by atoms with van der Waals surface area (Å²) in [6.45, 7) is 1.42. The van der Waals surface area contributed by atoms with Crippen LogP contribution in [0.3, 0.4) is 0 Å². The predicted octanol–water partition coefficient (Wildman–Crippen LogP) is 2.17. The second-order valence-corrected chi connectivity index (χ2v) is 6.30. The molecular formula is C17H16ClN3O5. The van der Waals surface area contributed by atoms with Gasteiger partial charge in [0.25, 0.3) is 5.91 Å². The van der Waals surface area contributed by atoms with E-state index in [-0.39, 0.29) is 24.7 Å². The van der Waals surface area contributed by atoms with Crippen LogP contribution in [0.5, 0.6) is 0 Å². The summed E-state index contributed by atoms with van der Waals surface area (Å²) < 4.78 is 9.83. The molecule has 0 bridgehead atoms. The Morgan fingerprint density at radius 3 is 2.77 bits per heavy atom. The maximum atomic E-state index is 12.1. The molecule has 3 rings (SSSR count). The molecule has 1 atom stereocenters. The van der Waals surface area contributed by atoms with E-state index in [4.69, 9.17) is 20.9 Å². The van der Waals surface area contributed by atoms with Crippen LogP contribution in [0.4, 0.5) is 11.5 Å². The summed E-state index contributed by atoms with van der Waals surface area (Å²) >= 11 is 5.84. The number of ether oxygens (including phenoxy) is 1. The molecule has 2 heterocycles. The molecule has 2 amide bonds. The SMILES string of the molecule is Cc1cc(NC(=O)COC(=O)[C@@H]2CC(=O)N(c3ccc(Cl)cc3)C2)no1. The molecule has 9 heteroatoms. The van der Waals surface area contributed by atoms with Gasteiger partial charge in [0.2, 0.25) is 5.91 Å². The van der Waals surface area contributed by atoms with Crippen LogP contribution in [0, 0.1) is 12.8 Å². The molecule has 1 N–H and O–H groups in total. The van der Waals surface area contributed by atoms with Crippen molar-refractivity contribution >= 4 is 40.9 Å². The zero-order chi connectivity index (χ0) is 18.7. The number of benzene rings is 1. The number of nitrogens with one attached hydrogen (secondary N) is 1. The number of aryl methyl sites for hydroxylation is 1. The number of amides is 2. The Labute approximate surface area is 154 Å². The van der Waals surface area contributed by atoms with Gasteiger partial charge in [-0.3, -0.25) is 14.4 Å². The van der Waals surface area contributed by atoms with Crippen molar-refractivity contribution in [3.63, 3.8) is 0 Å². The predicted molar refractivity (Wildman–Crippen MR) is 92.7 cm³/mol. The van der Waals surface area contributed by atoms with E-state index in [1.807, 2.05) is 0 Å². The molecule has 0 spiro atoms. The summed E-state index contributed by atoms with van der Waals surface area (Å²) in [7, 11) is 0. The fourth-order valence-electron chi connectivity index (χ4n) is 2.59. The first-order valence-electron chi connectivity index (χ1n) is 7.88. The van der Waals surface area contributed by atoms with Crippen molar-refractivity contribution in [3.8, 4) is 0 Å². The molecule has 1 aliphatic heterocycles. The molecule has 2 aromatic rings. The van der Waals surface area contributed by atoms with E-state index >= 15 is 0 Å². The van der Waals surface area contributed by atoms with E-state index in [1.165, 1.54) is 4.90 Å². The smallest absolute Gasteiger partial charge is 0.311 e. The third-order valence-corrected chi connectivity index (χ3v) is 4.09. The monoisotopic (exact) mass is 377 g/mol. The zero-order valence-corrected chi connectivity index (χ0v) is 14.7. The molecule has 1 fully saturated rings. The Morgan fingerprint density at radius 1 is 1.38 bits per heavy atom. The summed E-state index contributed by atoms with van der Waals surface area (Å²) in [6.07, 6.45) is 0.0333. The number of nitrogens with zero attached hydrogens (tertiary/aromatic N) is 2. The molecule has 0 unspecified atom stereocenters. The molecule has 1 aromatic heterocycles. The lowest BCUT2D eigenvalue weighted by atomic mass is 10.1. The van der Waals surface area contributed by atoms with Gasteiger partial charge in [-0.15, -0.1) is 0 Å². The highest BCUT2D eigenvalue weighted by Crippen LogP contribution is 2.26. The Morgan fingerprint density at radius 2 is 2.12 bits per heavy atom. The maximum Gasteiger partial charge on any atom is 0.311 e. The number of hydrogen-bond acceptors (Lipinski definition) is 6. The van der Waals surface area contributed by atoms with E-state index in [0.717, 1.165) is 0 Å².